The number of aliphatic imine (C=N–C) groups is 2. The second-order valence-electron chi connectivity index (χ2n) is 21.7. The second-order valence-corrected chi connectivity index (χ2v) is 21.7. The van der Waals surface area contributed by atoms with Crippen LogP contribution in [-0.2, 0) is 34.3 Å². The lowest BCUT2D eigenvalue weighted by Crippen LogP contribution is -2.74. The maximum atomic E-state index is 15.7. The average Bonchev–Trinajstić information content (AvgIpc) is 1.25. The highest BCUT2D eigenvalue weighted by Gasteiger charge is 2.97. The summed E-state index contributed by atoms with van der Waals surface area (Å²) in [6.45, 7) is 10.1. The van der Waals surface area contributed by atoms with Gasteiger partial charge in [-0.2, -0.15) is 149 Å². The van der Waals surface area contributed by atoms with Gasteiger partial charge in [-0.05, 0) is 65.6 Å². The number of halogens is 34. The van der Waals surface area contributed by atoms with E-state index in [1.165, 1.54) is 6.92 Å². The molecular weight excluding hydrogens is 1270 g/mol. The largest absolute Gasteiger partial charge is 0.489 e. The number of nitrogens with zero attached hydrogens (tertiary/aromatic N) is 2. The van der Waals surface area contributed by atoms with Crippen molar-refractivity contribution in [2.24, 2.45) is 26.2 Å². The molecule has 2 aromatic rings. The molecule has 0 aromatic heterocycles. The Morgan fingerprint density at radius 3 is 0.894 bits per heavy atom. The van der Waals surface area contributed by atoms with Gasteiger partial charge in [-0.3, -0.25) is 0 Å². The van der Waals surface area contributed by atoms with Crippen LogP contribution in [0.4, 0.5) is 149 Å². The molecule has 0 spiro atoms. The standard InChI is InChI=1S/C46H38F34N2O3/c1-28(2,3)24-17-84-26(81-24)30(7,27-82-25(18-85-27)29(4,5)6)15-19-8-10-23(11-9-19)83-16-20-12-21(31(47,48)33(51,52)35(55,56)37(59,60)39(63,64)41(67,68)43(71,72)45(75,76)77)14-22(13-20)32(49,50)34(53,54)36(57,58)38(61,62)40(65,66)42(69,70)44(73,74)46(78,79)80/h8-14,24-25H,15-18H2,1-7H3/t24-,25-/m1/s1. The van der Waals surface area contributed by atoms with Crippen molar-refractivity contribution < 1.29 is 163 Å². The minimum atomic E-state index is -9.45. The van der Waals surface area contributed by atoms with Crippen LogP contribution in [0.3, 0.4) is 0 Å². The van der Waals surface area contributed by atoms with Crippen LogP contribution in [0, 0.1) is 16.2 Å². The molecule has 0 bridgehead atoms. The van der Waals surface area contributed by atoms with E-state index in [-0.39, 0.29) is 37.0 Å². The average molecular weight is 1310 g/mol. The molecule has 0 unspecified atom stereocenters. The lowest BCUT2D eigenvalue weighted by atomic mass is 9.82. The van der Waals surface area contributed by atoms with Gasteiger partial charge in [-0.25, -0.2) is 9.98 Å². The highest BCUT2D eigenvalue weighted by molar-refractivity contribution is 6.06. The summed E-state index contributed by atoms with van der Waals surface area (Å²) in [6, 6.07) is -2.12. The number of hydrogen-bond acceptors (Lipinski definition) is 5. The minimum absolute atomic E-state index is 0.0144. The normalized spacial score (nSPS) is 19.0. The molecule has 488 valence electrons. The zero-order chi connectivity index (χ0) is 67.0. The Hall–Kier alpha value is -5.20. The lowest BCUT2D eigenvalue weighted by Gasteiger charge is -2.43. The summed E-state index contributed by atoms with van der Waals surface area (Å²) in [5, 5.41) is 0. The van der Waals surface area contributed by atoms with Crippen molar-refractivity contribution in [3.05, 3.63) is 64.7 Å². The summed E-state index contributed by atoms with van der Waals surface area (Å²) < 4.78 is 500. The maximum absolute atomic E-state index is 15.7. The molecule has 0 saturated carbocycles. The molecule has 4 rings (SSSR count). The van der Waals surface area contributed by atoms with Gasteiger partial charge in [0.1, 0.15) is 31.0 Å². The fourth-order valence-corrected chi connectivity index (χ4v) is 7.59. The first-order chi connectivity index (χ1) is 37.2. The number of benzene rings is 2. The number of hydrogen-bond donors (Lipinski definition) is 0. The van der Waals surface area contributed by atoms with E-state index in [1.54, 1.807) is 41.5 Å². The molecule has 0 amide bonds. The van der Waals surface area contributed by atoms with Crippen LogP contribution in [0.15, 0.2) is 52.4 Å². The van der Waals surface area contributed by atoms with Crippen LogP contribution < -0.4 is 4.74 Å². The molecule has 0 radical (unpaired) electrons. The smallest absolute Gasteiger partial charge is 0.460 e. The zero-order valence-electron chi connectivity index (χ0n) is 43.0. The second kappa shape index (κ2) is 20.7. The van der Waals surface area contributed by atoms with Gasteiger partial charge in [0.15, 0.2) is 11.8 Å². The van der Waals surface area contributed by atoms with Crippen LogP contribution in [0.25, 0.3) is 0 Å². The van der Waals surface area contributed by atoms with Gasteiger partial charge in [0, 0.05) is 11.1 Å². The Balaban J connectivity index is 1.95. The van der Waals surface area contributed by atoms with E-state index in [2.05, 4.69) is 9.98 Å². The van der Waals surface area contributed by atoms with Crippen molar-refractivity contribution in [2.45, 2.75) is 169 Å². The predicted molar refractivity (Wildman–Crippen MR) is 222 cm³/mol. The van der Waals surface area contributed by atoms with E-state index in [9.17, 15) is 114 Å². The quantitative estimate of drug-likeness (QED) is 0.117. The van der Waals surface area contributed by atoms with Crippen molar-refractivity contribution in [1.29, 1.82) is 0 Å². The monoisotopic (exact) mass is 1310 g/mol. The fraction of sp³-hybridized carbons (Fsp3) is 0.696. The third kappa shape index (κ3) is 10.9. The van der Waals surface area contributed by atoms with Gasteiger partial charge in [0.2, 0.25) is 0 Å². The Bertz CT molecular complexity index is 2660. The third-order valence-electron chi connectivity index (χ3n) is 13.3. The lowest BCUT2D eigenvalue weighted by molar-refractivity contribution is -0.463. The number of ether oxygens (including phenoxy) is 3. The predicted octanol–water partition coefficient (Wildman–Crippen LogP) is 17.4. The number of alkyl halides is 34. The molecule has 2 aliphatic rings. The molecule has 85 heavy (non-hydrogen) atoms. The fourth-order valence-electron chi connectivity index (χ4n) is 7.59. The third-order valence-corrected chi connectivity index (χ3v) is 13.3. The Labute approximate surface area is 454 Å². The summed E-state index contributed by atoms with van der Waals surface area (Å²) in [4.78, 5) is 9.28. The van der Waals surface area contributed by atoms with E-state index < -0.39 is 171 Å². The molecule has 0 N–H and O–H groups in total. The van der Waals surface area contributed by atoms with Crippen molar-refractivity contribution in [2.75, 3.05) is 13.2 Å². The van der Waals surface area contributed by atoms with Crippen LogP contribution in [0.2, 0.25) is 0 Å². The summed E-state index contributed by atoms with van der Waals surface area (Å²) in [5.74, 6) is -127. The molecule has 0 aliphatic carbocycles. The molecule has 0 fully saturated rings. The van der Waals surface area contributed by atoms with Crippen LogP contribution >= 0.6 is 0 Å². The first-order valence-corrected chi connectivity index (χ1v) is 22.9. The first kappa shape index (κ1) is 72.3. The van der Waals surface area contributed by atoms with Gasteiger partial charge in [0.25, 0.3) is 0 Å². The summed E-state index contributed by atoms with van der Waals surface area (Å²) in [6.07, 6.45) is -16.8. The topological polar surface area (TPSA) is 52.4 Å². The van der Waals surface area contributed by atoms with Crippen molar-refractivity contribution >= 4 is 11.8 Å². The van der Waals surface area contributed by atoms with E-state index in [4.69, 9.17) is 14.2 Å². The molecule has 5 nitrogen and oxygen atoms in total. The van der Waals surface area contributed by atoms with Crippen LogP contribution in [0.1, 0.15) is 70.7 Å². The maximum Gasteiger partial charge on any atom is 0.460 e. The minimum Gasteiger partial charge on any atom is -0.489 e. The van der Waals surface area contributed by atoms with E-state index in [0.717, 1.165) is 24.3 Å². The van der Waals surface area contributed by atoms with Crippen LogP contribution in [0.5, 0.6) is 5.75 Å². The van der Waals surface area contributed by atoms with Crippen molar-refractivity contribution in [1.82, 2.24) is 0 Å². The van der Waals surface area contributed by atoms with E-state index in [0.29, 0.717) is 0 Å². The Morgan fingerprint density at radius 2 is 0.635 bits per heavy atom. The van der Waals surface area contributed by atoms with Gasteiger partial charge < -0.3 is 14.2 Å². The Morgan fingerprint density at radius 1 is 0.365 bits per heavy atom. The van der Waals surface area contributed by atoms with Gasteiger partial charge in [0.05, 0.1) is 12.1 Å². The summed E-state index contributed by atoms with van der Waals surface area (Å²) in [5.41, 5.74) is -12.7. The van der Waals surface area contributed by atoms with Gasteiger partial charge in [-0.1, -0.05) is 53.7 Å². The summed E-state index contributed by atoms with van der Waals surface area (Å²) >= 11 is 0. The first-order valence-electron chi connectivity index (χ1n) is 22.9. The van der Waals surface area contributed by atoms with E-state index >= 15 is 35.1 Å². The summed E-state index contributed by atoms with van der Waals surface area (Å²) in [7, 11) is 0. The molecule has 2 aliphatic heterocycles. The van der Waals surface area contributed by atoms with Crippen molar-refractivity contribution in [3.8, 4) is 5.75 Å². The Kier molecular flexibility index (Phi) is 17.6. The molecule has 2 heterocycles. The highest BCUT2D eigenvalue weighted by Crippen LogP contribution is 2.68. The molecule has 2 atom stereocenters. The van der Waals surface area contributed by atoms with Crippen molar-refractivity contribution in [3.63, 3.8) is 0 Å². The molecular formula is C46H38F34N2O3. The molecule has 2 aromatic carbocycles. The molecule has 0 saturated heterocycles. The number of rotatable bonds is 21. The van der Waals surface area contributed by atoms with E-state index in [1.807, 2.05) is 0 Å². The highest BCUT2D eigenvalue weighted by atomic mass is 19.4. The zero-order valence-corrected chi connectivity index (χ0v) is 43.0. The molecule has 39 heteroatoms. The van der Waals surface area contributed by atoms with Gasteiger partial charge in [-0.15, -0.1) is 0 Å². The van der Waals surface area contributed by atoms with Crippen LogP contribution in [-0.4, -0.2) is 121 Å². The SMILES string of the molecule is CC(Cc1ccc(OCc2cc(C(F)(F)C(F)(F)C(F)(F)C(F)(F)C(F)(F)C(F)(F)C(F)(F)C(F)(F)F)cc(C(F)(F)C(F)(F)C(F)(F)C(F)(F)C(F)(F)C(F)(F)C(F)(F)C(F)(F)F)c2)cc1)(C1=N[C@@H](C(C)(C)C)CO1)C1=N[C@@H](C(C)(C)C)CO1. The van der Waals surface area contributed by atoms with Gasteiger partial charge >= 0.3 is 95.3 Å².